The zero-order valence-electron chi connectivity index (χ0n) is 16.7. The van der Waals surface area contributed by atoms with E-state index in [1.807, 2.05) is 5.38 Å². The number of para-hydroxylation sites is 1. The van der Waals surface area contributed by atoms with Crippen LogP contribution in [0.5, 0.6) is 0 Å². The molecule has 30 heavy (non-hydrogen) atoms. The van der Waals surface area contributed by atoms with Crippen LogP contribution in [-0.4, -0.2) is 33.5 Å². The van der Waals surface area contributed by atoms with Crippen LogP contribution in [0.3, 0.4) is 0 Å². The Labute approximate surface area is 179 Å². The number of anilines is 3. The summed E-state index contributed by atoms with van der Waals surface area (Å²) in [4.78, 5) is 27.6. The first-order valence-corrected chi connectivity index (χ1v) is 11.7. The highest BCUT2D eigenvalue weighted by Crippen LogP contribution is 2.25. The van der Waals surface area contributed by atoms with Crippen LogP contribution in [0.15, 0.2) is 60.0 Å². The van der Waals surface area contributed by atoms with Gasteiger partial charge in [0.2, 0.25) is 10.0 Å². The Morgan fingerprint density at radius 3 is 2.43 bits per heavy atom. The quantitative estimate of drug-likeness (QED) is 0.603. The van der Waals surface area contributed by atoms with Crippen LogP contribution in [0, 0.1) is 6.92 Å². The molecule has 7 nitrogen and oxygen atoms in total. The van der Waals surface area contributed by atoms with Gasteiger partial charge in [-0.3, -0.25) is 14.3 Å². The molecule has 0 spiro atoms. The largest absolute Gasteiger partial charge is 0.322 e. The summed E-state index contributed by atoms with van der Waals surface area (Å²) in [7, 11) is -1.83. The van der Waals surface area contributed by atoms with Gasteiger partial charge in [-0.1, -0.05) is 24.3 Å². The highest BCUT2D eigenvalue weighted by molar-refractivity contribution is 7.92. The highest BCUT2D eigenvalue weighted by Gasteiger charge is 2.20. The Kier molecular flexibility index (Phi) is 6.23. The topological polar surface area (TPSA) is 95.6 Å². The third-order valence-corrected chi connectivity index (χ3v) is 5.79. The van der Waals surface area contributed by atoms with Crippen molar-refractivity contribution in [3.63, 3.8) is 0 Å². The van der Waals surface area contributed by atoms with Crippen LogP contribution in [0.2, 0.25) is 0 Å². The number of aryl methyl sites for hydroxylation is 1. The van der Waals surface area contributed by atoms with Crippen LogP contribution in [0.4, 0.5) is 17.1 Å². The number of amides is 2. The standard InChI is InChI=1S/C21H21N3O4S2/c1-14-10-11-15(13-17(14)23-30(3,27)28)22-20(25)16-7-4-5-8-18(16)24(2)21(26)19-9-6-12-29-19/h4-13,23H,1-3H3,(H,22,25). The van der Waals surface area contributed by atoms with Gasteiger partial charge < -0.3 is 10.2 Å². The predicted octanol–water partition coefficient (Wildman–Crippen LogP) is 3.96. The SMILES string of the molecule is Cc1ccc(NC(=O)c2ccccc2N(C)C(=O)c2cccs2)cc1NS(C)(=O)=O. The summed E-state index contributed by atoms with van der Waals surface area (Å²) in [5, 5.41) is 4.59. The maximum Gasteiger partial charge on any atom is 0.268 e. The molecule has 0 saturated heterocycles. The zero-order chi connectivity index (χ0) is 21.9. The number of nitrogens with zero attached hydrogens (tertiary/aromatic N) is 1. The molecule has 156 valence electrons. The van der Waals surface area contributed by atoms with E-state index >= 15 is 0 Å². The van der Waals surface area contributed by atoms with E-state index in [0.717, 1.165) is 11.8 Å². The maximum atomic E-state index is 12.9. The smallest absolute Gasteiger partial charge is 0.268 e. The van der Waals surface area contributed by atoms with Crippen LogP contribution < -0.4 is 14.9 Å². The van der Waals surface area contributed by atoms with Gasteiger partial charge in [-0.15, -0.1) is 11.3 Å². The summed E-state index contributed by atoms with van der Waals surface area (Å²) in [6, 6.07) is 15.3. The lowest BCUT2D eigenvalue weighted by molar-refractivity contribution is 0.0996. The van der Waals surface area contributed by atoms with Gasteiger partial charge >= 0.3 is 0 Å². The van der Waals surface area contributed by atoms with Gasteiger partial charge in [-0.2, -0.15) is 0 Å². The molecular formula is C21H21N3O4S2. The summed E-state index contributed by atoms with van der Waals surface area (Å²) in [6.07, 6.45) is 1.06. The summed E-state index contributed by atoms with van der Waals surface area (Å²) in [6.45, 7) is 1.76. The number of hydrogen-bond donors (Lipinski definition) is 2. The Balaban J connectivity index is 1.87. The molecule has 0 aliphatic rings. The Hall–Kier alpha value is -3.17. The number of rotatable bonds is 6. The van der Waals surface area contributed by atoms with Gasteiger partial charge in [0.15, 0.2) is 0 Å². The van der Waals surface area contributed by atoms with Crippen LogP contribution in [-0.2, 0) is 10.0 Å². The molecule has 0 bridgehead atoms. The van der Waals surface area contributed by atoms with E-state index in [0.29, 0.717) is 27.5 Å². The van der Waals surface area contributed by atoms with Crippen molar-refractivity contribution in [1.82, 2.24) is 0 Å². The first-order valence-electron chi connectivity index (χ1n) is 8.96. The number of thiophene rings is 1. The van der Waals surface area contributed by atoms with Crippen molar-refractivity contribution in [3.8, 4) is 0 Å². The third kappa shape index (κ3) is 5.05. The second kappa shape index (κ2) is 8.68. The molecule has 2 aromatic carbocycles. The number of hydrogen-bond acceptors (Lipinski definition) is 5. The van der Waals surface area contributed by atoms with E-state index in [1.165, 1.54) is 16.2 Å². The number of benzene rings is 2. The van der Waals surface area contributed by atoms with E-state index in [2.05, 4.69) is 10.0 Å². The van der Waals surface area contributed by atoms with E-state index < -0.39 is 15.9 Å². The van der Waals surface area contributed by atoms with Crippen LogP contribution >= 0.6 is 11.3 Å². The fourth-order valence-corrected chi connectivity index (χ4v) is 4.16. The van der Waals surface area contributed by atoms with Gasteiger partial charge in [-0.25, -0.2) is 8.42 Å². The maximum absolute atomic E-state index is 12.9. The molecule has 0 aliphatic heterocycles. The van der Waals surface area contributed by atoms with Gasteiger partial charge in [0.1, 0.15) is 0 Å². The molecule has 1 aromatic heterocycles. The van der Waals surface area contributed by atoms with Crippen molar-refractivity contribution in [3.05, 3.63) is 76.0 Å². The Bertz CT molecular complexity index is 1190. The number of carbonyl (C=O) groups excluding carboxylic acids is 2. The average Bonchev–Trinajstić information content (AvgIpc) is 3.23. The monoisotopic (exact) mass is 443 g/mol. The van der Waals surface area contributed by atoms with Crippen molar-refractivity contribution in [2.75, 3.05) is 28.2 Å². The average molecular weight is 444 g/mol. The van der Waals surface area contributed by atoms with Crippen LogP contribution in [0.1, 0.15) is 25.6 Å². The lowest BCUT2D eigenvalue weighted by atomic mass is 10.1. The predicted molar refractivity (Wildman–Crippen MR) is 121 cm³/mol. The Morgan fingerprint density at radius 2 is 1.77 bits per heavy atom. The van der Waals surface area contributed by atoms with Crippen molar-refractivity contribution in [2.45, 2.75) is 6.92 Å². The van der Waals surface area contributed by atoms with Crippen molar-refractivity contribution < 1.29 is 18.0 Å². The van der Waals surface area contributed by atoms with Crippen LogP contribution in [0.25, 0.3) is 0 Å². The van der Waals surface area contributed by atoms with E-state index in [-0.39, 0.29) is 5.91 Å². The molecular weight excluding hydrogens is 422 g/mol. The summed E-state index contributed by atoms with van der Waals surface area (Å²) in [5.74, 6) is -0.620. The van der Waals surface area contributed by atoms with Gasteiger partial charge in [0.25, 0.3) is 11.8 Å². The molecule has 0 atom stereocenters. The first kappa shape index (κ1) is 21.5. The summed E-state index contributed by atoms with van der Waals surface area (Å²) >= 11 is 1.33. The summed E-state index contributed by atoms with van der Waals surface area (Å²) < 4.78 is 25.5. The van der Waals surface area contributed by atoms with Gasteiger partial charge in [0.05, 0.1) is 28.1 Å². The number of nitrogens with one attached hydrogen (secondary N) is 2. The molecule has 9 heteroatoms. The molecule has 2 amide bonds. The van der Waals surface area contributed by atoms with E-state index in [1.54, 1.807) is 68.6 Å². The molecule has 3 aromatic rings. The number of sulfonamides is 1. The molecule has 0 aliphatic carbocycles. The van der Waals surface area contributed by atoms with Crippen molar-refractivity contribution in [2.24, 2.45) is 0 Å². The fraction of sp³-hybridized carbons (Fsp3) is 0.143. The molecule has 3 rings (SSSR count). The van der Waals surface area contributed by atoms with Gasteiger partial charge in [-0.05, 0) is 48.2 Å². The fourth-order valence-electron chi connectivity index (χ4n) is 2.84. The molecule has 0 fully saturated rings. The second-order valence-electron chi connectivity index (χ2n) is 6.72. The second-order valence-corrected chi connectivity index (χ2v) is 9.41. The number of carbonyl (C=O) groups is 2. The Morgan fingerprint density at radius 1 is 1.03 bits per heavy atom. The summed E-state index contributed by atoms with van der Waals surface area (Å²) in [5.41, 5.74) is 2.32. The molecule has 0 saturated carbocycles. The van der Waals surface area contributed by atoms with Crippen molar-refractivity contribution in [1.29, 1.82) is 0 Å². The lowest BCUT2D eigenvalue weighted by Crippen LogP contribution is -2.28. The van der Waals surface area contributed by atoms with E-state index in [9.17, 15) is 18.0 Å². The molecule has 0 unspecified atom stereocenters. The first-order chi connectivity index (χ1) is 14.2. The normalized spacial score (nSPS) is 11.0. The lowest BCUT2D eigenvalue weighted by Gasteiger charge is -2.20. The molecule has 1 heterocycles. The minimum Gasteiger partial charge on any atom is -0.322 e. The minimum atomic E-state index is -3.45. The molecule has 0 radical (unpaired) electrons. The van der Waals surface area contributed by atoms with Crippen molar-refractivity contribution >= 4 is 50.2 Å². The minimum absolute atomic E-state index is 0.208. The van der Waals surface area contributed by atoms with E-state index in [4.69, 9.17) is 0 Å². The molecule has 2 N–H and O–H groups in total. The zero-order valence-corrected chi connectivity index (χ0v) is 18.3. The van der Waals surface area contributed by atoms with Gasteiger partial charge in [0, 0.05) is 12.7 Å². The highest BCUT2D eigenvalue weighted by atomic mass is 32.2. The third-order valence-electron chi connectivity index (χ3n) is 4.34.